The molecule has 0 unspecified atom stereocenters. The van der Waals surface area contributed by atoms with E-state index in [1.165, 1.54) is 0 Å². The predicted octanol–water partition coefficient (Wildman–Crippen LogP) is 2.44. The molecule has 2 aliphatic rings. The van der Waals surface area contributed by atoms with Gasteiger partial charge in [-0.2, -0.15) is 8.42 Å². The quantitative estimate of drug-likeness (QED) is 0.732. The van der Waals surface area contributed by atoms with E-state index in [1.54, 1.807) is 45.2 Å². The maximum atomic E-state index is 12.7. The predicted molar refractivity (Wildman–Crippen MR) is 103 cm³/mol. The molecule has 0 spiro atoms. The van der Waals surface area contributed by atoms with E-state index in [2.05, 4.69) is 4.40 Å². The highest BCUT2D eigenvalue weighted by molar-refractivity contribution is 8.00. The number of ether oxygens (including phenoxy) is 2. The summed E-state index contributed by atoms with van der Waals surface area (Å²) in [5.74, 6) is 0.583. The largest absolute Gasteiger partial charge is 0.497 e. The maximum absolute atomic E-state index is 12.7. The molecule has 0 radical (unpaired) electrons. The summed E-state index contributed by atoms with van der Waals surface area (Å²) in [5, 5.41) is 0. The Morgan fingerprint density at radius 3 is 2.63 bits per heavy atom. The van der Waals surface area contributed by atoms with Gasteiger partial charge in [-0.05, 0) is 56.5 Å². The molecule has 0 amide bonds. The van der Waals surface area contributed by atoms with Gasteiger partial charge in [0.05, 0.1) is 19.6 Å². The summed E-state index contributed by atoms with van der Waals surface area (Å²) in [6.07, 6.45) is 1.52. The molecule has 2 heterocycles. The van der Waals surface area contributed by atoms with Gasteiger partial charge in [-0.15, -0.1) is 4.40 Å². The van der Waals surface area contributed by atoms with Crippen LogP contribution in [0, 0.1) is 5.92 Å². The van der Waals surface area contributed by atoms with Crippen molar-refractivity contribution in [1.29, 1.82) is 0 Å². The number of rotatable bonds is 4. The lowest BCUT2D eigenvalue weighted by Crippen LogP contribution is -2.42. The minimum atomic E-state index is -3.79. The minimum Gasteiger partial charge on any atom is -0.497 e. The molecule has 3 rings (SSSR count). The number of piperidine rings is 1. The molecule has 7 nitrogen and oxygen atoms in total. The molecule has 0 N–H and O–H groups in total. The van der Waals surface area contributed by atoms with Crippen LogP contribution in [0.3, 0.4) is 0 Å². The third-order valence-electron chi connectivity index (χ3n) is 4.83. The van der Waals surface area contributed by atoms with Crippen LogP contribution < -0.4 is 4.74 Å². The number of hydrogen-bond donors (Lipinski definition) is 0. The first-order chi connectivity index (χ1) is 12.9. The molecule has 1 aromatic carbocycles. The van der Waals surface area contributed by atoms with E-state index < -0.39 is 10.0 Å². The molecule has 0 bridgehead atoms. The van der Waals surface area contributed by atoms with Gasteiger partial charge in [0.2, 0.25) is 0 Å². The Kier molecular flexibility index (Phi) is 5.55. The number of hydrogen-bond acceptors (Lipinski definition) is 6. The van der Waals surface area contributed by atoms with Crippen LogP contribution in [0.2, 0.25) is 0 Å². The normalized spacial score (nSPS) is 21.8. The minimum absolute atomic E-state index is 0.207. The lowest BCUT2D eigenvalue weighted by Gasteiger charge is -2.33. The van der Waals surface area contributed by atoms with E-state index in [1.807, 2.05) is 4.90 Å². The Balaban J connectivity index is 1.89. The van der Waals surface area contributed by atoms with E-state index in [4.69, 9.17) is 9.47 Å². The Bertz CT molecular complexity index is 887. The Hall–Kier alpha value is -2.35. The molecule has 8 heteroatoms. The standard InChI is InChI=1S/C19H24N2O5S/c1-4-26-19(22)15-6-5-11-21(12-15)18-13(2)17(27(23,24)20-18)14-7-9-16(25-3)10-8-14/h7-10,15H,4-6,11-12H2,1-3H3/t15-/m0/s1. The van der Waals surface area contributed by atoms with Crippen molar-refractivity contribution in [2.75, 3.05) is 26.8 Å². The van der Waals surface area contributed by atoms with Gasteiger partial charge in [-0.1, -0.05) is 0 Å². The van der Waals surface area contributed by atoms with Crippen LogP contribution in [0.4, 0.5) is 0 Å². The second-order valence-electron chi connectivity index (χ2n) is 6.61. The number of methoxy groups -OCH3 is 1. The van der Waals surface area contributed by atoms with Crippen molar-refractivity contribution < 1.29 is 22.7 Å². The van der Waals surface area contributed by atoms with Crippen molar-refractivity contribution >= 4 is 26.7 Å². The Labute approximate surface area is 159 Å². The fraction of sp³-hybridized carbons (Fsp3) is 0.474. The summed E-state index contributed by atoms with van der Waals surface area (Å²) in [5.41, 5.74) is 1.18. The molecule has 1 saturated heterocycles. The van der Waals surface area contributed by atoms with E-state index in [0.29, 0.717) is 42.4 Å². The van der Waals surface area contributed by atoms with Crippen LogP contribution in [-0.4, -0.2) is 51.9 Å². The van der Waals surface area contributed by atoms with Gasteiger partial charge in [0.25, 0.3) is 10.0 Å². The van der Waals surface area contributed by atoms with Crippen LogP contribution in [0.15, 0.2) is 34.2 Å². The number of esters is 1. The van der Waals surface area contributed by atoms with E-state index in [-0.39, 0.29) is 16.8 Å². The van der Waals surface area contributed by atoms with Gasteiger partial charge in [-0.25, -0.2) is 0 Å². The number of sulfonamides is 1. The second kappa shape index (κ2) is 7.72. The molecule has 1 aromatic rings. The van der Waals surface area contributed by atoms with Gasteiger partial charge < -0.3 is 14.4 Å². The fourth-order valence-electron chi connectivity index (χ4n) is 3.55. The van der Waals surface area contributed by atoms with Crippen molar-refractivity contribution in [3.8, 4) is 5.75 Å². The molecule has 2 aliphatic heterocycles. The molecular formula is C19H24N2O5S. The van der Waals surface area contributed by atoms with Crippen molar-refractivity contribution in [3.63, 3.8) is 0 Å². The summed E-state index contributed by atoms with van der Waals surface area (Å²) in [6, 6.07) is 6.87. The summed E-state index contributed by atoms with van der Waals surface area (Å²) in [4.78, 5) is 14.2. The van der Waals surface area contributed by atoms with Crippen LogP contribution >= 0.6 is 0 Å². The van der Waals surface area contributed by atoms with Crippen LogP contribution in [0.1, 0.15) is 32.3 Å². The second-order valence-corrected chi connectivity index (χ2v) is 8.15. The van der Waals surface area contributed by atoms with Crippen LogP contribution in [0.5, 0.6) is 5.75 Å². The molecule has 1 atom stereocenters. The highest BCUT2D eigenvalue weighted by Crippen LogP contribution is 2.35. The Morgan fingerprint density at radius 2 is 2.00 bits per heavy atom. The zero-order valence-electron chi connectivity index (χ0n) is 15.8. The van der Waals surface area contributed by atoms with E-state index in [0.717, 1.165) is 12.8 Å². The first kappa shape index (κ1) is 19.4. The number of carbonyl (C=O) groups excluding carboxylic acids is 1. The number of amidine groups is 1. The van der Waals surface area contributed by atoms with Gasteiger partial charge in [-0.3, -0.25) is 4.79 Å². The van der Waals surface area contributed by atoms with Gasteiger partial charge in [0.15, 0.2) is 0 Å². The number of nitrogens with zero attached hydrogens (tertiary/aromatic N) is 2. The smallest absolute Gasteiger partial charge is 0.310 e. The molecule has 1 fully saturated rings. The van der Waals surface area contributed by atoms with Crippen molar-refractivity contribution in [2.24, 2.45) is 10.3 Å². The molecule has 0 aromatic heterocycles. The van der Waals surface area contributed by atoms with E-state index in [9.17, 15) is 13.2 Å². The molecule has 27 heavy (non-hydrogen) atoms. The average molecular weight is 392 g/mol. The van der Waals surface area contributed by atoms with Crippen LogP contribution in [-0.2, 0) is 19.6 Å². The van der Waals surface area contributed by atoms with Gasteiger partial charge in [0.1, 0.15) is 16.5 Å². The fourth-order valence-corrected chi connectivity index (χ4v) is 5.03. The number of benzene rings is 1. The van der Waals surface area contributed by atoms with Crippen molar-refractivity contribution in [2.45, 2.75) is 26.7 Å². The van der Waals surface area contributed by atoms with Gasteiger partial charge >= 0.3 is 5.97 Å². The third-order valence-corrected chi connectivity index (χ3v) is 6.30. The average Bonchev–Trinajstić information content (AvgIpc) is 2.91. The first-order valence-corrected chi connectivity index (χ1v) is 10.4. The molecule has 146 valence electrons. The summed E-state index contributed by atoms with van der Waals surface area (Å²) >= 11 is 0. The molecular weight excluding hydrogens is 368 g/mol. The number of likely N-dealkylation sites (tertiary alicyclic amines) is 1. The SMILES string of the molecule is CCOC(=O)[C@H]1CCCN(C2=NS(=O)(=O)C(c3ccc(OC)cc3)=C2C)C1. The summed E-state index contributed by atoms with van der Waals surface area (Å²) in [7, 11) is -2.23. The van der Waals surface area contributed by atoms with Crippen LogP contribution in [0.25, 0.3) is 4.91 Å². The highest BCUT2D eigenvalue weighted by Gasteiger charge is 2.36. The zero-order valence-corrected chi connectivity index (χ0v) is 16.6. The first-order valence-electron chi connectivity index (χ1n) is 8.99. The lowest BCUT2D eigenvalue weighted by atomic mass is 9.97. The Morgan fingerprint density at radius 1 is 1.30 bits per heavy atom. The highest BCUT2D eigenvalue weighted by atomic mass is 32.2. The molecule has 0 saturated carbocycles. The summed E-state index contributed by atoms with van der Waals surface area (Å²) < 4.78 is 39.7. The van der Waals surface area contributed by atoms with Crippen molar-refractivity contribution in [1.82, 2.24) is 4.90 Å². The zero-order chi connectivity index (χ0) is 19.6. The molecule has 0 aliphatic carbocycles. The van der Waals surface area contributed by atoms with E-state index >= 15 is 0 Å². The summed E-state index contributed by atoms with van der Waals surface area (Å²) in [6.45, 7) is 4.96. The monoisotopic (exact) mass is 392 g/mol. The third kappa shape index (κ3) is 3.85. The maximum Gasteiger partial charge on any atom is 0.310 e. The lowest BCUT2D eigenvalue weighted by molar-refractivity contribution is -0.149. The van der Waals surface area contributed by atoms with Gasteiger partial charge in [0, 0.05) is 18.7 Å². The number of carbonyl (C=O) groups is 1. The van der Waals surface area contributed by atoms with Crippen molar-refractivity contribution in [3.05, 3.63) is 35.4 Å². The topological polar surface area (TPSA) is 85.3 Å².